The summed E-state index contributed by atoms with van der Waals surface area (Å²) in [7, 11) is -3.89. The Morgan fingerprint density at radius 1 is 1.06 bits per heavy atom. The van der Waals surface area contributed by atoms with Gasteiger partial charge in [0.2, 0.25) is 0 Å². The number of benzene rings is 3. The molecule has 3 aromatic carbocycles. The topological polar surface area (TPSA) is 106 Å². The maximum atomic E-state index is 12.9. The van der Waals surface area contributed by atoms with Gasteiger partial charge in [0.05, 0.1) is 32.9 Å². The van der Waals surface area contributed by atoms with Gasteiger partial charge >= 0.3 is 0 Å². The number of nitrogens with one attached hydrogen (secondary N) is 2. The minimum Gasteiger partial charge on any atom is -0.510 e. The van der Waals surface area contributed by atoms with Crippen LogP contribution in [-0.4, -0.2) is 30.9 Å². The monoisotopic (exact) mass is 496 g/mol. The molecular weight excluding hydrogens is 480 g/mol. The van der Waals surface area contributed by atoms with E-state index in [0.29, 0.717) is 27.0 Å². The number of amidine groups is 1. The standard InChI is InChI=1S/C23H17ClN4O3S2/c24-14-5-3-6-15(11-14)27-33(30,31)17-8-4-7-16(12-17)28-13-19(29)21(22(28)25)23-26-18-9-1-2-10-20(18)32-23/h1-12,25,27,29H,13H2. The molecule has 1 aliphatic rings. The van der Waals surface area contributed by atoms with Crippen LogP contribution in [0.3, 0.4) is 0 Å². The first-order valence-electron chi connectivity index (χ1n) is 9.85. The summed E-state index contributed by atoms with van der Waals surface area (Å²) in [6, 6.07) is 20.3. The lowest BCUT2D eigenvalue weighted by Crippen LogP contribution is -2.26. The van der Waals surface area contributed by atoms with E-state index in [1.165, 1.54) is 29.5 Å². The third-order valence-corrected chi connectivity index (χ3v) is 7.80. The number of hydrogen-bond donors (Lipinski definition) is 3. The van der Waals surface area contributed by atoms with Crippen molar-refractivity contribution in [2.45, 2.75) is 4.90 Å². The van der Waals surface area contributed by atoms with Gasteiger partial charge in [-0.2, -0.15) is 0 Å². The number of aliphatic hydroxyl groups is 1. The largest absolute Gasteiger partial charge is 0.510 e. The molecule has 0 saturated heterocycles. The number of para-hydroxylation sites is 1. The van der Waals surface area contributed by atoms with E-state index in [-0.39, 0.29) is 23.0 Å². The smallest absolute Gasteiger partial charge is 0.261 e. The highest BCUT2D eigenvalue weighted by Gasteiger charge is 2.32. The summed E-state index contributed by atoms with van der Waals surface area (Å²) in [6.07, 6.45) is 0. The van der Waals surface area contributed by atoms with Crippen molar-refractivity contribution < 1.29 is 13.5 Å². The maximum Gasteiger partial charge on any atom is 0.261 e. The fourth-order valence-electron chi connectivity index (χ4n) is 3.59. The van der Waals surface area contributed by atoms with Crippen molar-refractivity contribution >= 4 is 66.0 Å². The second-order valence-electron chi connectivity index (χ2n) is 7.36. The molecule has 0 amide bonds. The number of sulfonamides is 1. The van der Waals surface area contributed by atoms with Gasteiger partial charge in [0.1, 0.15) is 16.6 Å². The Morgan fingerprint density at radius 2 is 1.85 bits per heavy atom. The van der Waals surface area contributed by atoms with Crippen LogP contribution in [0.15, 0.2) is 83.5 Å². The summed E-state index contributed by atoms with van der Waals surface area (Å²) in [5.74, 6) is 0.0771. The molecule has 0 atom stereocenters. The summed E-state index contributed by atoms with van der Waals surface area (Å²) < 4.78 is 29.3. The van der Waals surface area contributed by atoms with Gasteiger partial charge in [0.15, 0.2) is 0 Å². The lowest BCUT2D eigenvalue weighted by molar-refractivity contribution is 0.411. The first-order valence-corrected chi connectivity index (χ1v) is 12.5. The Labute approximate surface area is 199 Å². The van der Waals surface area contributed by atoms with E-state index in [9.17, 15) is 13.5 Å². The second kappa shape index (κ2) is 8.18. The molecule has 3 N–H and O–H groups in total. The fourth-order valence-corrected chi connectivity index (χ4v) is 5.90. The van der Waals surface area contributed by atoms with Crippen LogP contribution in [0.2, 0.25) is 5.02 Å². The molecule has 2 heterocycles. The fraction of sp³-hybridized carbons (Fsp3) is 0.0435. The number of anilines is 2. The number of fused-ring (bicyclic) bond motifs is 1. The van der Waals surface area contributed by atoms with Gasteiger partial charge in [-0.25, -0.2) is 13.4 Å². The summed E-state index contributed by atoms with van der Waals surface area (Å²) in [5, 5.41) is 20.3. The number of thiazole rings is 1. The average molecular weight is 497 g/mol. The number of aliphatic hydroxyl groups excluding tert-OH is 1. The number of hydrogen-bond acceptors (Lipinski definition) is 6. The van der Waals surface area contributed by atoms with Crippen LogP contribution in [0.5, 0.6) is 0 Å². The SMILES string of the molecule is N=C1C(c2nc3ccccc3s2)=C(O)CN1c1cccc(S(=O)(=O)Nc2cccc(Cl)c2)c1. The van der Waals surface area contributed by atoms with Gasteiger partial charge in [-0.05, 0) is 48.5 Å². The van der Waals surface area contributed by atoms with Crippen molar-refractivity contribution in [3.63, 3.8) is 0 Å². The van der Waals surface area contributed by atoms with Crippen LogP contribution >= 0.6 is 22.9 Å². The molecular formula is C23H17ClN4O3S2. The van der Waals surface area contributed by atoms with Gasteiger partial charge < -0.3 is 10.0 Å². The predicted octanol–water partition coefficient (Wildman–Crippen LogP) is 5.52. The lowest BCUT2D eigenvalue weighted by Gasteiger charge is -2.19. The molecule has 0 bridgehead atoms. The summed E-state index contributed by atoms with van der Waals surface area (Å²) >= 11 is 7.35. The molecule has 0 radical (unpaired) electrons. The molecule has 166 valence electrons. The van der Waals surface area contributed by atoms with E-state index >= 15 is 0 Å². The highest BCUT2D eigenvalue weighted by Crippen LogP contribution is 2.35. The minimum atomic E-state index is -3.89. The van der Waals surface area contributed by atoms with Crippen LogP contribution in [0.4, 0.5) is 11.4 Å². The maximum absolute atomic E-state index is 12.9. The number of halogens is 1. The van der Waals surface area contributed by atoms with Crippen molar-refractivity contribution in [1.29, 1.82) is 5.41 Å². The summed E-state index contributed by atoms with van der Waals surface area (Å²) in [6.45, 7) is 0.0509. The number of aromatic nitrogens is 1. The van der Waals surface area contributed by atoms with Gasteiger partial charge in [-0.1, -0.05) is 35.9 Å². The van der Waals surface area contributed by atoms with Crippen LogP contribution in [0.25, 0.3) is 15.8 Å². The molecule has 0 aliphatic carbocycles. The van der Waals surface area contributed by atoms with Crippen molar-refractivity contribution in [1.82, 2.24) is 4.98 Å². The molecule has 0 unspecified atom stereocenters. The van der Waals surface area contributed by atoms with E-state index in [1.54, 1.807) is 35.2 Å². The quantitative estimate of drug-likeness (QED) is 0.337. The van der Waals surface area contributed by atoms with E-state index in [1.807, 2.05) is 24.3 Å². The Hall–Kier alpha value is -3.40. The molecule has 1 aliphatic heterocycles. The van der Waals surface area contributed by atoms with Crippen LogP contribution in [0.1, 0.15) is 5.01 Å². The Morgan fingerprint density at radius 3 is 2.64 bits per heavy atom. The molecule has 4 aromatic rings. The molecule has 10 heteroatoms. The van der Waals surface area contributed by atoms with E-state index in [2.05, 4.69) is 9.71 Å². The zero-order chi connectivity index (χ0) is 23.2. The molecule has 0 spiro atoms. The minimum absolute atomic E-state index is 0.0179. The second-order valence-corrected chi connectivity index (χ2v) is 10.5. The van der Waals surface area contributed by atoms with E-state index < -0.39 is 10.0 Å². The molecule has 7 nitrogen and oxygen atoms in total. The van der Waals surface area contributed by atoms with Crippen molar-refractivity contribution in [2.24, 2.45) is 0 Å². The van der Waals surface area contributed by atoms with Gasteiger partial charge in [-0.3, -0.25) is 10.1 Å². The molecule has 0 fully saturated rings. The zero-order valence-electron chi connectivity index (χ0n) is 17.0. The average Bonchev–Trinajstić information content (AvgIpc) is 3.33. The lowest BCUT2D eigenvalue weighted by atomic mass is 10.2. The van der Waals surface area contributed by atoms with E-state index in [0.717, 1.165) is 10.2 Å². The Kier molecular flexibility index (Phi) is 5.32. The van der Waals surface area contributed by atoms with Crippen LogP contribution < -0.4 is 9.62 Å². The Balaban J connectivity index is 1.44. The normalized spacial score (nSPS) is 14.3. The number of rotatable bonds is 5. The van der Waals surface area contributed by atoms with E-state index in [4.69, 9.17) is 17.0 Å². The number of nitrogens with zero attached hydrogens (tertiary/aromatic N) is 2. The first kappa shape index (κ1) is 21.4. The summed E-state index contributed by atoms with van der Waals surface area (Å²) in [4.78, 5) is 6.13. The van der Waals surface area contributed by atoms with Crippen molar-refractivity contribution in [2.75, 3.05) is 16.2 Å². The predicted molar refractivity (Wildman–Crippen MR) is 133 cm³/mol. The third kappa shape index (κ3) is 4.06. The first-order chi connectivity index (χ1) is 15.8. The summed E-state index contributed by atoms with van der Waals surface area (Å²) in [5.41, 5.74) is 1.96. The van der Waals surface area contributed by atoms with Gasteiger partial charge in [0.25, 0.3) is 10.0 Å². The van der Waals surface area contributed by atoms with Crippen LogP contribution in [0, 0.1) is 5.41 Å². The van der Waals surface area contributed by atoms with Gasteiger partial charge in [-0.15, -0.1) is 11.3 Å². The van der Waals surface area contributed by atoms with Crippen molar-refractivity contribution in [3.05, 3.63) is 88.6 Å². The molecule has 1 aromatic heterocycles. The zero-order valence-corrected chi connectivity index (χ0v) is 19.4. The highest BCUT2D eigenvalue weighted by molar-refractivity contribution is 7.92. The molecule has 0 saturated carbocycles. The molecule has 5 rings (SSSR count). The molecule has 33 heavy (non-hydrogen) atoms. The third-order valence-electron chi connectivity index (χ3n) is 5.13. The van der Waals surface area contributed by atoms with Gasteiger partial charge in [0, 0.05) is 10.7 Å². The Bertz CT molecular complexity index is 1510. The van der Waals surface area contributed by atoms with Crippen molar-refractivity contribution in [3.8, 4) is 0 Å². The highest BCUT2D eigenvalue weighted by atomic mass is 35.5. The van der Waals surface area contributed by atoms with Crippen LogP contribution in [-0.2, 0) is 10.0 Å².